The number of nitrogens with zero attached hydrogens (tertiary/aromatic N) is 1. The van der Waals surface area contributed by atoms with Gasteiger partial charge in [0, 0.05) is 12.7 Å². The molecule has 1 atom stereocenters. The second-order valence-corrected chi connectivity index (χ2v) is 5.52. The van der Waals surface area contributed by atoms with Crippen molar-refractivity contribution in [2.24, 2.45) is 5.92 Å². The van der Waals surface area contributed by atoms with Gasteiger partial charge < -0.3 is 10.0 Å². The fourth-order valence-corrected chi connectivity index (χ4v) is 2.37. The van der Waals surface area contributed by atoms with E-state index in [9.17, 15) is 9.90 Å². The van der Waals surface area contributed by atoms with E-state index < -0.39 is 11.5 Å². The Balaban J connectivity index is 3.15. The van der Waals surface area contributed by atoms with Crippen LogP contribution >= 0.6 is 0 Å². The molecule has 0 aliphatic rings. The first-order valence-electron chi connectivity index (χ1n) is 6.32. The summed E-state index contributed by atoms with van der Waals surface area (Å²) in [5.74, 6) is -0.445. The molecular formula is C15H23NO2. The second-order valence-electron chi connectivity index (χ2n) is 5.52. The molecule has 18 heavy (non-hydrogen) atoms. The van der Waals surface area contributed by atoms with Crippen molar-refractivity contribution < 1.29 is 9.90 Å². The van der Waals surface area contributed by atoms with Gasteiger partial charge in [0.25, 0.3) is 0 Å². The molecule has 0 heterocycles. The highest BCUT2D eigenvalue weighted by atomic mass is 16.4. The molecule has 0 saturated heterocycles. The lowest BCUT2D eigenvalue weighted by Gasteiger charge is -2.38. The Labute approximate surface area is 109 Å². The predicted molar refractivity (Wildman–Crippen MR) is 75.1 cm³/mol. The van der Waals surface area contributed by atoms with Crippen LogP contribution in [-0.2, 0) is 4.79 Å². The van der Waals surface area contributed by atoms with Crippen molar-refractivity contribution in [2.45, 2.75) is 39.7 Å². The van der Waals surface area contributed by atoms with E-state index in [2.05, 4.69) is 0 Å². The van der Waals surface area contributed by atoms with E-state index >= 15 is 0 Å². The van der Waals surface area contributed by atoms with Crippen molar-refractivity contribution in [3.05, 3.63) is 29.8 Å². The van der Waals surface area contributed by atoms with E-state index in [1.54, 1.807) is 6.92 Å². The summed E-state index contributed by atoms with van der Waals surface area (Å²) in [6.45, 7) is 7.89. The van der Waals surface area contributed by atoms with Gasteiger partial charge in [0.15, 0.2) is 0 Å². The molecule has 0 amide bonds. The van der Waals surface area contributed by atoms with Crippen molar-refractivity contribution in [1.29, 1.82) is 0 Å². The molecule has 0 radical (unpaired) electrons. The van der Waals surface area contributed by atoms with Crippen LogP contribution in [0.1, 0.15) is 32.8 Å². The maximum absolute atomic E-state index is 11.6. The van der Waals surface area contributed by atoms with Gasteiger partial charge in [0.05, 0.1) is 0 Å². The lowest BCUT2D eigenvalue weighted by Crippen LogP contribution is -2.51. The minimum Gasteiger partial charge on any atom is -0.480 e. The third-order valence-corrected chi connectivity index (χ3v) is 3.48. The van der Waals surface area contributed by atoms with Crippen molar-refractivity contribution in [3.63, 3.8) is 0 Å². The Morgan fingerprint density at radius 1 is 1.39 bits per heavy atom. The number of carboxylic acid groups (broad SMARTS) is 1. The molecule has 1 N–H and O–H groups in total. The van der Waals surface area contributed by atoms with Crippen LogP contribution in [-0.4, -0.2) is 23.7 Å². The molecule has 0 spiro atoms. The first-order chi connectivity index (χ1) is 8.29. The van der Waals surface area contributed by atoms with Crippen molar-refractivity contribution in [3.8, 4) is 0 Å². The molecular weight excluding hydrogens is 226 g/mol. The third kappa shape index (κ3) is 2.84. The summed E-state index contributed by atoms with van der Waals surface area (Å²) in [5.41, 5.74) is 1.19. The van der Waals surface area contributed by atoms with Crippen LogP contribution in [0.3, 0.4) is 0 Å². The lowest BCUT2D eigenvalue weighted by atomic mass is 9.88. The zero-order chi connectivity index (χ0) is 13.9. The van der Waals surface area contributed by atoms with Gasteiger partial charge in [-0.2, -0.15) is 0 Å². The Hall–Kier alpha value is -1.51. The Morgan fingerprint density at radius 3 is 2.39 bits per heavy atom. The molecule has 0 aliphatic carbocycles. The summed E-state index contributed by atoms with van der Waals surface area (Å²) < 4.78 is 0. The number of aliphatic carboxylic acids is 1. The highest BCUT2D eigenvalue weighted by Gasteiger charge is 2.38. The molecule has 1 aromatic rings. The molecule has 0 fully saturated rings. The summed E-state index contributed by atoms with van der Waals surface area (Å²) in [7, 11) is 1.86. The zero-order valence-electron chi connectivity index (χ0n) is 11.9. The summed E-state index contributed by atoms with van der Waals surface area (Å²) in [6, 6.07) is 7.88. The Bertz CT molecular complexity index is 428. The molecule has 0 saturated carbocycles. The van der Waals surface area contributed by atoms with Crippen LogP contribution in [0.4, 0.5) is 5.69 Å². The van der Waals surface area contributed by atoms with E-state index in [0.29, 0.717) is 12.3 Å². The number of anilines is 1. The number of hydrogen-bond acceptors (Lipinski definition) is 2. The molecule has 0 aromatic heterocycles. The average molecular weight is 249 g/mol. The van der Waals surface area contributed by atoms with Crippen LogP contribution in [0.15, 0.2) is 24.3 Å². The first kappa shape index (κ1) is 14.6. The fourth-order valence-electron chi connectivity index (χ4n) is 2.37. The molecule has 100 valence electrons. The van der Waals surface area contributed by atoms with E-state index in [1.807, 2.05) is 57.0 Å². The Morgan fingerprint density at radius 2 is 1.94 bits per heavy atom. The van der Waals surface area contributed by atoms with Gasteiger partial charge in [-0.05, 0) is 37.8 Å². The number of aryl methyl sites for hydroxylation is 1. The Kier molecular flexibility index (Phi) is 4.38. The van der Waals surface area contributed by atoms with E-state index in [4.69, 9.17) is 0 Å². The van der Waals surface area contributed by atoms with Crippen LogP contribution in [0.25, 0.3) is 0 Å². The minimum atomic E-state index is -0.875. The minimum absolute atomic E-state index is 0.331. The number of likely N-dealkylation sites (N-methyl/N-ethyl adjacent to an activating group) is 1. The van der Waals surface area contributed by atoms with Crippen molar-refractivity contribution >= 4 is 11.7 Å². The van der Waals surface area contributed by atoms with Crippen LogP contribution < -0.4 is 4.90 Å². The average Bonchev–Trinajstić information content (AvgIpc) is 2.27. The molecule has 0 aliphatic heterocycles. The van der Waals surface area contributed by atoms with Gasteiger partial charge in [-0.15, -0.1) is 0 Å². The molecule has 0 bridgehead atoms. The topological polar surface area (TPSA) is 40.5 Å². The number of carbonyl (C=O) groups is 1. The van der Waals surface area contributed by atoms with Crippen LogP contribution in [0.5, 0.6) is 0 Å². The van der Waals surface area contributed by atoms with Gasteiger partial charge in [-0.25, -0.2) is 4.79 Å². The normalized spacial score (nSPS) is 14.3. The summed E-state index contributed by atoms with van der Waals surface area (Å²) in [4.78, 5) is 13.5. The second kappa shape index (κ2) is 5.42. The van der Waals surface area contributed by atoms with Crippen LogP contribution in [0, 0.1) is 12.8 Å². The number of hydrogen-bond donors (Lipinski definition) is 1. The molecule has 1 unspecified atom stereocenters. The van der Waals surface area contributed by atoms with Crippen LogP contribution in [0.2, 0.25) is 0 Å². The molecule has 1 rings (SSSR count). The molecule has 3 nitrogen and oxygen atoms in total. The quantitative estimate of drug-likeness (QED) is 0.870. The molecule has 3 heteroatoms. The van der Waals surface area contributed by atoms with Gasteiger partial charge in [-0.1, -0.05) is 32.0 Å². The van der Waals surface area contributed by atoms with Crippen molar-refractivity contribution in [2.75, 3.05) is 11.9 Å². The maximum Gasteiger partial charge on any atom is 0.329 e. The van der Waals surface area contributed by atoms with E-state index in [0.717, 1.165) is 11.3 Å². The van der Waals surface area contributed by atoms with Crippen molar-refractivity contribution in [1.82, 2.24) is 0 Å². The number of benzene rings is 1. The number of rotatable bonds is 5. The summed E-state index contributed by atoms with van der Waals surface area (Å²) >= 11 is 0. The van der Waals surface area contributed by atoms with Gasteiger partial charge >= 0.3 is 5.97 Å². The van der Waals surface area contributed by atoms with Gasteiger partial charge in [0.1, 0.15) is 5.54 Å². The zero-order valence-corrected chi connectivity index (χ0v) is 11.9. The van der Waals surface area contributed by atoms with Gasteiger partial charge in [0.2, 0.25) is 0 Å². The smallest absolute Gasteiger partial charge is 0.329 e. The highest BCUT2D eigenvalue weighted by Crippen LogP contribution is 2.30. The first-order valence-corrected chi connectivity index (χ1v) is 6.32. The third-order valence-electron chi connectivity index (χ3n) is 3.48. The van der Waals surface area contributed by atoms with E-state index in [-0.39, 0.29) is 0 Å². The highest BCUT2D eigenvalue weighted by molar-refractivity contribution is 5.83. The summed E-state index contributed by atoms with van der Waals surface area (Å²) in [6.07, 6.45) is 0.618. The largest absolute Gasteiger partial charge is 0.480 e. The SMILES string of the molecule is Cc1ccccc1N(C)C(C)(CC(C)C)C(=O)O. The van der Waals surface area contributed by atoms with Gasteiger partial charge in [-0.3, -0.25) is 0 Å². The molecule has 1 aromatic carbocycles. The lowest BCUT2D eigenvalue weighted by molar-refractivity contribution is -0.143. The monoisotopic (exact) mass is 249 g/mol. The summed E-state index contributed by atoms with van der Waals surface area (Å²) in [5, 5.41) is 9.56. The number of para-hydroxylation sites is 1. The standard InChI is InChI=1S/C15H23NO2/c1-11(2)10-15(4,14(17)18)16(5)13-9-7-6-8-12(13)3/h6-9,11H,10H2,1-5H3,(H,17,18). The van der Waals surface area contributed by atoms with E-state index in [1.165, 1.54) is 0 Å². The fraction of sp³-hybridized carbons (Fsp3) is 0.533. The number of carboxylic acids is 1. The maximum atomic E-state index is 11.6. The predicted octanol–water partition coefficient (Wildman–Crippen LogP) is 3.32.